The Bertz CT molecular complexity index is 831. The van der Waals surface area contributed by atoms with Crippen LogP contribution in [0.3, 0.4) is 0 Å². The van der Waals surface area contributed by atoms with Gasteiger partial charge in [-0.1, -0.05) is 18.2 Å². The van der Waals surface area contributed by atoms with E-state index >= 15 is 0 Å². The van der Waals surface area contributed by atoms with Crippen molar-refractivity contribution in [3.63, 3.8) is 0 Å². The Balaban J connectivity index is 2.04. The van der Waals surface area contributed by atoms with E-state index in [0.717, 1.165) is 13.1 Å². The molecule has 1 saturated heterocycles. The molecule has 0 radical (unpaired) electrons. The third-order valence-corrected chi connectivity index (χ3v) is 3.85. The number of fused-ring (bicyclic) bond motifs is 2. The summed E-state index contributed by atoms with van der Waals surface area (Å²) in [4.78, 5) is 12.5. The zero-order valence-electron chi connectivity index (χ0n) is 10.3. The van der Waals surface area contributed by atoms with Crippen LogP contribution in [0, 0.1) is 0 Å². The van der Waals surface area contributed by atoms with Crippen molar-refractivity contribution in [1.29, 1.82) is 0 Å². The molecule has 2 heterocycles. The van der Waals surface area contributed by atoms with E-state index < -0.39 is 0 Å². The average molecular weight is 251 g/mol. The summed E-state index contributed by atoms with van der Waals surface area (Å²) in [6.07, 6.45) is 0. The fraction of sp³-hybridized carbons (Fsp3) is 0.188. The number of benzene rings is 2. The van der Waals surface area contributed by atoms with Crippen LogP contribution >= 0.6 is 0 Å². The van der Waals surface area contributed by atoms with E-state index in [0.29, 0.717) is 27.9 Å². The summed E-state index contributed by atoms with van der Waals surface area (Å²) in [7, 11) is 0. The Kier molecular flexibility index (Phi) is 2.23. The molecule has 3 heteroatoms. The minimum atomic E-state index is 0.0611. The van der Waals surface area contributed by atoms with Crippen LogP contribution in [-0.2, 0) is 0 Å². The zero-order valence-corrected chi connectivity index (χ0v) is 10.3. The second-order valence-corrected chi connectivity index (χ2v) is 5.04. The van der Waals surface area contributed by atoms with E-state index in [1.54, 1.807) is 0 Å². The smallest absolute Gasteiger partial charge is 0.200 e. The maximum absolute atomic E-state index is 12.5. The molecule has 4 rings (SSSR count). The topological polar surface area (TPSA) is 42.2 Å². The van der Waals surface area contributed by atoms with Gasteiger partial charge >= 0.3 is 0 Å². The monoisotopic (exact) mass is 251 g/mol. The molecule has 0 spiro atoms. The molecule has 94 valence electrons. The first-order chi connectivity index (χ1) is 9.33. The predicted molar refractivity (Wildman–Crippen MR) is 75.6 cm³/mol. The quantitative estimate of drug-likeness (QED) is 0.676. The highest BCUT2D eigenvalue weighted by atomic mass is 16.3. The van der Waals surface area contributed by atoms with Crippen LogP contribution in [0.25, 0.3) is 21.9 Å². The highest BCUT2D eigenvalue weighted by Crippen LogP contribution is 2.25. The lowest BCUT2D eigenvalue weighted by atomic mass is 9.92. The first-order valence-corrected chi connectivity index (χ1v) is 6.49. The number of rotatable bonds is 1. The molecule has 0 atom stereocenters. The molecule has 0 unspecified atom stereocenters. The molecule has 0 aliphatic carbocycles. The molecule has 1 aliphatic rings. The Hall–Kier alpha value is -2.13. The zero-order chi connectivity index (χ0) is 12.8. The van der Waals surface area contributed by atoms with Crippen molar-refractivity contribution in [2.45, 2.75) is 5.92 Å². The lowest BCUT2D eigenvalue weighted by molar-refractivity contribution is 0.448. The molecule has 3 nitrogen and oxygen atoms in total. The van der Waals surface area contributed by atoms with Gasteiger partial charge in [0.15, 0.2) is 0 Å². The second-order valence-electron chi connectivity index (χ2n) is 5.04. The van der Waals surface area contributed by atoms with Crippen molar-refractivity contribution in [3.8, 4) is 0 Å². The normalized spacial score (nSPS) is 15.8. The van der Waals surface area contributed by atoms with E-state index in [1.807, 2.05) is 36.4 Å². The summed E-state index contributed by atoms with van der Waals surface area (Å²) in [5, 5.41) is 4.59. The first kappa shape index (κ1) is 10.8. The molecule has 0 bridgehead atoms. The van der Waals surface area contributed by atoms with Crippen LogP contribution in [0.15, 0.2) is 51.7 Å². The van der Waals surface area contributed by atoms with Gasteiger partial charge in [-0.25, -0.2) is 0 Å². The Morgan fingerprint density at radius 3 is 2.58 bits per heavy atom. The maximum atomic E-state index is 12.5. The summed E-state index contributed by atoms with van der Waals surface area (Å²) in [5.74, 6) is 0.523. The molecule has 1 N–H and O–H groups in total. The highest BCUT2D eigenvalue weighted by Gasteiger charge is 2.19. The minimum absolute atomic E-state index is 0.0611. The van der Waals surface area contributed by atoms with Crippen LogP contribution in [0.2, 0.25) is 0 Å². The van der Waals surface area contributed by atoms with Crippen molar-refractivity contribution < 1.29 is 4.42 Å². The van der Waals surface area contributed by atoms with Crippen molar-refractivity contribution in [1.82, 2.24) is 5.32 Å². The number of para-hydroxylation sites is 1. The van der Waals surface area contributed by atoms with Crippen molar-refractivity contribution >= 4 is 21.9 Å². The fourth-order valence-corrected chi connectivity index (χ4v) is 2.60. The van der Waals surface area contributed by atoms with Gasteiger partial charge in [0.1, 0.15) is 11.2 Å². The van der Waals surface area contributed by atoms with E-state index in [1.165, 1.54) is 5.56 Å². The van der Waals surface area contributed by atoms with Gasteiger partial charge in [-0.2, -0.15) is 0 Å². The van der Waals surface area contributed by atoms with Gasteiger partial charge in [-0.3, -0.25) is 4.79 Å². The minimum Gasteiger partial charge on any atom is -0.456 e. The summed E-state index contributed by atoms with van der Waals surface area (Å²) < 4.78 is 5.80. The van der Waals surface area contributed by atoms with Crippen molar-refractivity contribution in [2.75, 3.05) is 13.1 Å². The summed E-state index contributed by atoms with van der Waals surface area (Å²) >= 11 is 0. The number of nitrogens with one attached hydrogen (secondary N) is 1. The molecule has 1 fully saturated rings. The Morgan fingerprint density at radius 2 is 1.79 bits per heavy atom. The Morgan fingerprint density at radius 1 is 1.00 bits per heavy atom. The predicted octanol–water partition coefficient (Wildman–Crippen LogP) is 2.63. The molecule has 1 aliphatic heterocycles. The molecule has 2 aromatic carbocycles. The molecule has 19 heavy (non-hydrogen) atoms. The van der Waals surface area contributed by atoms with E-state index in [9.17, 15) is 4.79 Å². The van der Waals surface area contributed by atoms with Crippen LogP contribution in [-0.4, -0.2) is 13.1 Å². The van der Waals surface area contributed by atoms with Gasteiger partial charge in [0.25, 0.3) is 0 Å². The molecular formula is C16H13NO2. The van der Waals surface area contributed by atoms with Crippen molar-refractivity contribution in [2.24, 2.45) is 0 Å². The van der Waals surface area contributed by atoms with E-state index in [2.05, 4.69) is 11.4 Å². The lowest BCUT2D eigenvalue weighted by Gasteiger charge is -2.27. The molecule has 0 saturated carbocycles. The third kappa shape index (κ3) is 1.59. The lowest BCUT2D eigenvalue weighted by Crippen LogP contribution is -2.39. The molecular weight excluding hydrogens is 238 g/mol. The third-order valence-electron chi connectivity index (χ3n) is 3.85. The van der Waals surface area contributed by atoms with Gasteiger partial charge in [0, 0.05) is 19.0 Å². The van der Waals surface area contributed by atoms with Crippen LogP contribution in [0.4, 0.5) is 0 Å². The van der Waals surface area contributed by atoms with Crippen LogP contribution in [0.5, 0.6) is 0 Å². The average Bonchev–Trinajstić information content (AvgIpc) is 2.38. The van der Waals surface area contributed by atoms with Gasteiger partial charge in [0.2, 0.25) is 5.43 Å². The van der Waals surface area contributed by atoms with Crippen molar-refractivity contribution in [3.05, 3.63) is 58.3 Å². The molecule has 3 aromatic rings. The molecule has 0 amide bonds. The fourth-order valence-electron chi connectivity index (χ4n) is 2.60. The summed E-state index contributed by atoms with van der Waals surface area (Å²) in [5.41, 5.74) is 2.60. The summed E-state index contributed by atoms with van der Waals surface area (Å²) in [6, 6.07) is 13.4. The van der Waals surface area contributed by atoms with Crippen LogP contribution < -0.4 is 10.7 Å². The van der Waals surface area contributed by atoms with Gasteiger partial charge in [-0.05, 0) is 29.8 Å². The van der Waals surface area contributed by atoms with Gasteiger partial charge < -0.3 is 9.73 Å². The maximum Gasteiger partial charge on any atom is 0.200 e. The van der Waals surface area contributed by atoms with E-state index in [-0.39, 0.29) is 5.43 Å². The number of hydrogen-bond donors (Lipinski definition) is 1. The van der Waals surface area contributed by atoms with Crippen LogP contribution in [0.1, 0.15) is 11.5 Å². The van der Waals surface area contributed by atoms with E-state index in [4.69, 9.17) is 4.42 Å². The van der Waals surface area contributed by atoms with Gasteiger partial charge in [-0.15, -0.1) is 0 Å². The summed E-state index contributed by atoms with van der Waals surface area (Å²) in [6.45, 7) is 1.98. The second kappa shape index (κ2) is 3.93. The van der Waals surface area contributed by atoms with Gasteiger partial charge in [0.05, 0.1) is 10.8 Å². The Labute approximate surface area is 109 Å². The number of hydrogen-bond acceptors (Lipinski definition) is 3. The standard InChI is InChI=1S/C16H13NO2/c18-16-12-3-1-2-4-14(12)19-15-6-5-10(7-13(15)16)11-8-17-9-11/h1-7,11,17H,8-9H2. The molecule has 1 aromatic heterocycles. The highest BCUT2D eigenvalue weighted by molar-refractivity contribution is 5.89. The SMILES string of the molecule is O=c1c2ccccc2oc2ccc(C3CNC3)cc12. The first-order valence-electron chi connectivity index (χ1n) is 6.49. The largest absolute Gasteiger partial charge is 0.456 e.